The Kier molecular flexibility index (Phi) is 6.03. The van der Waals surface area contributed by atoms with Gasteiger partial charge in [-0.3, -0.25) is 9.59 Å². The van der Waals surface area contributed by atoms with Crippen molar-refractivity contribution in [3.05, 3.63) is 71.5 Å². The van der Waals surface area contributed by atoms with Gasteiger partial charge >= 0.3 is 0 Å². The fraction of sp³-hybridized carbons (Fsp3) is 0.200. The first-order valence-electron chi connectivity index (χ1n) is 8.49. The molecule has 0 radical (unpaired) electrons. The number of rotatable bonds is 7. The van der Waals surface area contributed by atoms with Gasteiger partial charge in [0.05, 0.1) is 5.75 Å². The Morgan fingerprint density at radius 1 is 1.04 bits per heavy atom. The summed E-state index contributed by atoms with van der Waals surface area (Å²) in [5.74, 6) is 0.993. The zero-order valence-electron chi connectivity index (χ0n) is 15.2. The molecule has 0 atom stereocenters. The summed E-state index contributed by atoms with van der Waals surface area (Å²) in [6.45, 7) is 1.45. The smallest absolute Gasteiger partial charge is 0.221 e. The molecule has 0 aliphatic rings. The molecule has 1 amide bonds. The molecule has 0 aliphatic carbocycles. The van der Waals surface area contributed by atoms with Gasteiger partial charge in [-0.25, -0.2) is 0 Å². The summed E-state index contributed by atoms with van der Waals surface area (Å²) in [4.78, 5) is 23.4. The Balaban J connectivity index is 1.60. The van der Waals surface area contributed by atoms with Gasteiger partial charge < -0.3 is 9.88 Å². The minimum Gasteiger partial charge on any atom is -0.326 e. The van der Waals surface area contributed by atoms with Crippen molar-refractivity contribution in [2.24, 2.45) is 7.05 Å². The van der Waals surface area contributed by atoms with Crippen LogP contribution in [-0.4, -0.2) is 32.2 Å². The number of hydrogen-bond donors (Lipinski definition) is 1. The van der Waals surface area contributed by atoms with Crippen molar-refractivity contribution in [1.82, 2.24) is 14.8 Å². The maximum absolute atomic E-state index is 12.4. The van der Waals surface area contributed by atoms with E-state index < -0.39 is 0 Å². The lowest BCUT2D eigenvalue weighted by molar-refractivity contribution is -0.114. The second-order valence-corrected chi connectivity index (χ2v) is 7.03. The molecule has 6 nitrogen and oxygen atoms in total. The van der Waals surface area contributed by atoms with Crippen LogP contribution in [0.3, 0.4) is 0 Å². The molecule has 3 aromatic rings. The molecular formula is C20H20N4O2S. The van der Waals surface area contributed by atoms with E-state index in [0.29, 0.717) is 22.8 Å². The topological polar surface area (TPSA) is 76.9 Å². The maximum atomic E-state index is 12.4. The average molecular weight is 380 g/mol. The number of anilines is 1. The third kappa shape index (κ3) is 5.04. The number of Topliss-reactive ketones (excluding diaryl/α,β-unsaturated/α-hetero) is 1. The van der Waals surface area contributed by atoms with Crippen LogP contribution in [0, 0.1) is 0 Å². The third-order valence-electron chi connectivity index (χ3n) is 3.99. The van der Waals surface area contributed by atoms with Gasteiger partial charge in [-0.1, -0.05) is 42.1 Å². The van der Waals surface area contributed by atoms with E-state index in [1.807, 2.05) is 29.8 Å². The van der Waals surface area contributed by atoms with Crippen LogP contribution in [0.4, 0.5) is 5.69 Å². The molecule has 1 aromatic heterocycles. The van der Waals surface area contributed by atoms with Crippen LogP contribution in [0.5, 0.6) is 0 Å². The monoisotopic (exact) mass is 380 g/mol. The van der Waals surface area contributed by atoms with Crippen LogP contribution in [0.2, 0.25) is 0 Å². The van der Waals surface area contributed by atoms with E-state index in [0.717, 1.165) is 5.82 Å². The van der Waals surface area contributed by atoms with Crippen molar-refractivity contribution in [3.63, 3.8) is 0 Å². The molecule has 0 saturated carbocycles. The molecule has 0 unspecified atom stereocenters. The SMILES string of the molecule is CC(=O)Nc1ccc(C(=O)CSc2nnc(Cc3ccccc3)n2C)cc1. The van der Waals surface area contributed by atoms with Crippen LogP contribution in [0.1, 0.15) is 28.7 Å². The van der Waals surface area contributed by atoms with E-state index in [1.54, 1.807) is 24.3 Å². The lowest BCUT2D eigenvalue weighted by Crippen LogP contribution is -2.07. The van der Waals surface area contributed by atoms with Crippen LogP contribution in [0.15, 0.2) is 59.8 Å². The normalized spacial score (nSPS) is 10.6. The van der Waals surface area contributed by atoms with Crippen molar-refractivity contribution < 1.29 is 9.59 Å². The van der Waals surface area contributed by atoms with Crippen molar-refractivity contribution in [1.29, 1.82) is 0 Å². The average Bonchev–Trinajstić information content (AvgIpc) is 3.00. The molecule has 0 spiro atoms. The van der Waals surface area contributed by atoms with Crippen molar-refractivity contribution in [2.45, 2.75) is 18.5 Å². The van der Waals surface area contributed by atoms with Crippen LogP contribution in [-0.2, 0) is 18.3 Å². The van der Waals surface area contributed by atoms with Crippen molar-refractivity contribution in [3.8, 4) is 0 Å². The number of benzene rings is 2. The molecule has 27 heavy (non-hydrogen) atoms. The lowest BCUT2D eigenvalue weighted by Gasteiger charge is -2.05. The number of hydrogen-bond acceptors (Lipinski definition) is 5. The Bertz CT molecular complexity index is 936. The number of carbonyl (C=O) groups excluding carboxylic acids is 2. The molecule has 1 N–H and O–H groups in total. The number of amides is 1. The van der Waals surface area contributed by atoms with E-state index in [4.69, 9.17) is 0 Å². The summed E-state index contributed by atoms with van der Waals surface area (Å²) in [5.41, 5.74) is 2.44. The first kappa shape index (κ1) is 18.8. The Morgan fingerprint density at radius 2 is 1.74 bits per heavy atom. The minimum absolute atomic E-state index is 0.00184. The zero-order chi connectivity index (χ0) is 19.2. The van der Waals surface area contributed by atoms with Crippen molar-refractivity contribution >= 4 is 29.1 Å². The minimum atomic E-state index is -0.141. The van der Waals surface area contributed by atoms with E-state index in [2.05, 4.69) is 27.6 Å². The first-order chi connectivity index (χ1) is 13.0. The van der Waals surface area contributed by atoms with Gasteiger partial charge in [0.25, 0.3) is 0 Å². The molecule has 138 valence electrons. The number of ketones is 1. The molecule has 2 aromatic carbocycles. The Labute approximate surface area is 162 Å². The molecule has 0 saturated heterocycles. The highest BCUT2D eigenvalue weighted by atomic mass is 32.2. The molecular weight excluding hydrogens is 360 g/mol. The molecule has 0 bridgehead atoms. The van der Waals surface area contributed by atoms with E-state index in [9.17, 15) is 9.59 Å². The standard InChI is InChI=1S/C20H20N4O2S/c1-14(25)21-17-10-8-16(9-11-17)18(26)13-27-20-23-22-19(24(20)2)12-15-6-4-3-5-7-15/h3-11H,12-13H2,1-2H3,(H,21,25). The summed E-state index contributed by atoms with van der Waals surface area (Å²) in [6, 6.07) is 17.0. The van der Waals surface area contributed by atoms with Gasteiger partial charge in [0.1, 0.15) is 5.82 Å². The maximum Gasteiger partial charge on any atom is 0.221 e. The molecule has 7 heteroatoms. The Hall–Kier alpha value is -2.93. The summed E-state index contributed by atoms with van der Waals surface area (Å²) in [7, 11) is 1.91. The second kappa shape index (κ2) is 8.64. The summed E-state index contributed by atoms with van der Waals surface area (Å²) >= 11 is 1.37. The van der Waals surface area contributed by atoms with Gasteiger partial charge in [-0.05, 0) is 29.8 Å². The quantitative estimate of drug-likeness (QED) is 0.502. The number of carbonyl (C=O) groups is 2. The third-order valence-corrected chi connectivity index (χ3v) is 5.01. The highest BCUT2D eigenvalue weighted by Crippen LogP contribution is 2.19. The fourth-order valence-corrected chi connectivity index (χ4v) is 3.38. The molecule has 3 rings (SSSR count). The summed E-state index contributed by atoms with van der Waals surface area (Å²) < 4.78 is 1.92. The second-order valence-electron chi connectivity index (χ2n) is 6.09. The van der Waals surface area contributed by atoms with E-state index >= 15 is 0 Å². The van der Waals surface area contributed by atoms with Gasteiger partial charge in [-0.2, -0.15) is 0 Å². The van der Waals surface area contributed by atoms with Gasteiger partial charge in [0.2, 0.25) is 5.91 Å². The highest BCUT2D eigenvalue weighted by molar-refractivity contribution is 7.99. The number of nitrogens with zero attached hydrogens (tertiary/aromatic N) is 3. The predicted octanol–water partition coefficient (Wildman–Crippen LogP) is 3.34. The van der Waals surface area contributed by atoms with Crippen molar-refractivity contribution in [2.75, 3.05) is 11.1 Å². The van der Waals surface area contributed by atoms with E-state index in [1.165, 1.54) is 24.2 Å². The lowest BCUT2D eigenvalue weighted by atomic mass is 10.1. The summed E-state index contributed by atoms with van der Waals surface area (Å²) in [6.07, 6.45) is 0.698. The zero-order valence-corrected chi connectivity index (χ0v) is 16.0. The highest BCUT2D eigenvalue weighted by Gasteiger charge is 2.13. The Morgan fingerprint density at radius 3 is 2.41 bits per heavy atom. The van der Waals surface area contributed by atoms with Gasteiger partial charge in [0.15, 0.2) is 10.9 Å². The van der Waals surface area contributed by atoms with Gasteiger partial charge in [0, 0.05) is 31.6 Å². The summed E-state index contributed by atoms with van der Waals surface area (Å²) in [5, 5.41) is 11.8. The number of thioether (sulfide) groups is 1. The molecule has 0 aliphatic heterocycles. The van der Waals surface area contributed by atoms with Crippen LogP contribution in [0.25, 0.3) is 0 Å². The molecule has 0 fully saturated rings. The van der Waals surface area contributed by atoms with Crippen LogP contribution >= 0.6 is 11.8 Å². The molecule has 1 heterocycles. The number of aromatic nitrogens is 3. The predicted molar refractivity (Wildman–Crippen MR) is 106 cm³/mol. The fourth-order valence-electron chi connectivity index (χ4n) is 2.56. The van der Waals surface area contributed by atoms with Crippen LogP contribution < -0.4 is 5.32 Å². The van der Waals surface area contributed by atoms with E-state index in [-0.39, 0.29) is 17.4 Å². The number of nitrogens with one attached hydrogen (secondary N) is 1. The first-order valence-corrected chi connectivity index (χ1v) is 9.47. The van der Waals surface area contributed by atoms with Gasteiger partial charge in [-0.15, -0.1) is 10.2 Å². The largest absolute Gasteiger partial charge is 0.326 e.